The molecule has 0 spiro atoms. The van der Waals surface area contributed by atoms with E-state index in [9.17, 15) is 0 Å². The van der Waals surface area contributed by atoms with Crippen LogP contribution in [0.1, 0.15) is 61.1 Å². The number of hydrogen-bond donors (Lipinski definition) is 0. The van der Waals surface area contributed by atoms with E-state index in [1.54, 1.807) is 0 Å². The van der Waals surface area contributed by atoms with Crippen molar-refractivity contribution in [1.29, 1.82) is 0 Å². The fourth-order valence-corrected chi connectivity index (χ4v) is 10.8. The van der Waals surface area contributed by atoms with Crippen LogP contribution in [0.15, 0.2) is 206 Å². The standard InChI is InChI=1S/C62H46N2/c1-61(2)55-38-42(25-24-41-26-31-48(32-27-41)63(45-16-8-5-9-17-45)46-18-10-6-11-19-46)28-33-49(55)50-34-29-43(39-56(50)61)44-30-35-51-53-36-37-54-52-22-14-15-23-58(52)64(47-20-12-7-13-21-47)60(54)59(53)62(3,4)57(51)40-44/h5-23,26-40H,1-4H3. The van der Waals surface area contributed by atoms with E-state index in [0.717, 1.165) is 28.2 Å². The van der Waals surface area contributed by atoms with E-state index < -0.39 is 0 Å². The van der Waals surface area contributed by atoms with Crippen molar-refractivity contribution in [1.82, 2.24) is 4.57 Å². The Kier molecular flexibility index (Phi) is 8.49. The maximum atomic E-state index is 3.51. The van der Waals surface area contributed by atoms with Crippen LogP contribution in [-0.2, 0) is 10.8 Å². The second kappa shape index (κ2) is 14.3. The number of nitrogens with zero attached hydrogens (tertiary/aromatic N) is 2. The molecule has 64 heavy (non-hydrogen) atoms. The quantitative estimate of drug-likeness (QED) is 0.157. The molecular weight excluding hydrogens is 773 g/mol. The number of anilines is 3. The normalized spacial score (nSPS) is 13.8. The number of aromatic nitrogens is 1. The smallest absolute Gasteiger partial charge is 0.0588 e. The average Bonchev–Trinajstić information content (AvgIpc) is 3.88. The maximum absolute atomic E-state index is 3.51. The van der Waals surface area contributed by atoms with E-state index in [0.29, 0.717) is 0 Å². The van der Waals surface area contributed by atoms with Gasteiger partial charge in [-0.25, -0.2) is 0 Å². The number of para-hydroxylation sites is 4. The Morgan fingerprint density at radius 3 is 1.53 bits per heavy atom. The highest BCUT2D eigenvalue weighted by atomic mass is 15.1. The van der Waals surface area contributed by atoms with Crippen LogP contribution in [0, 0.1) is 11.8 Å². The van der Waals surface area contributed by atoms with Crippen LogP contribution in [0.5, 0.6) is 0 Å². The minimum atomic E-state index is -0.211. The molecule has 2 aliphatic rings. The summed E-state index contributed by atoms with van der Waals surface area (Å²) >= 11 is 0. The van der Waals surface area contributed by atoms with Crippen LogP contribution in [0.25, 0.3) is 60.9 Å². The summed E-state index contributed by atoms with van der Waals surface area (Å²) in [7, 11) is 0. The van der Waals surface area contributed by atoms with Gasteiger partial charge in [0.15, 0.2) is 0 Å². The molecular formula is C62H46N2. The van der Waals surface area contributed by atoms with Crippen molar-refractivity contribution in [3.8, 4) is 50.9 Å². The van der Waals surface area contributed by atoms with Gasteiger partial charge in [-0.1, -0.05) is 155 Å². The zero-order chi connectivity index (χ0) is 43.2. The molecule has 0 saturated heterocycles. The predicted molar refractivity (Wildman–Crippen MR) is 268 cm³/mol. The molecule has 0 fully saturated rings. The Bertz CT molecular complexity index is 3490. The first kappa shape index (κ1) is 37.9. The maximum Gasteiger partial charge on any atom is 0.0588 e. The number of fused-ring (bicyclic) bond motifs is 10. The van der Waals surface area contributed by atoms with Gasteiger partial charge >= 0.3 is 0 Å². The zero-order valence-corrected chi connectivity index (χ0v) is 36.5. The second-order valence-electron chi connectivity index (χ2n) is 18.4. The van der Waals surface area contributed by atoms with Crippen LogP contribution in [-0.4, -0.2) is 4.57 Å². The van der Waals surface area contributed by atoms with Gasteiger partial charge in [0.25, 0.3) is 0 Å². The molecule has 1 aromatic heterocycles. The Balaban J connectivity index is 0.856. The molecule has 0 unspecified atom stereocenters. The molecule has 0 atom stereocenters. The SMILES string of the molecule is CC1(C)c2cc(C#Cc3ccc(N(c4ccccc4)c4ccccc4)cc3)ccc2-c2ccc(-c3ccc4c(c3)C(C)(C)c3c-4ccc4c5ccccc5n(-c5ccccc5)c34)cc21. The van der Waals surface area contributed by atoms with Gasteiger partial charge in [0, 0.05) is 55.5 Å². The Morgan fingerprint density at radius 1 is 0.391 bits per heavy atom. The molecule has 0 bridgehead atoms. The van der Waals surface area contributed by atoms with E-state index in [2.05, 4.69) is 255 Å². The monoisotopic (exact) mass is 818 g/mol. The summed E-state index contributed by atoms with van der Waals surface area (Å²) in [5.74, 6) is 6.98. The minimum absolute atomic E-state index is 0.180. The molecule has 2 heteroatoms. The Hall–Kier alpha value is -7.86. The molecule has 0 aliphatic heterocycles. The molecule has 12 rings (SSSR count). The highest BCUT2D eigenvalue weighted by Gasteiger charge is 2.40. The van der Waals surface area contributed by atoms with Gasteiger partial charge in [0.2, 0.25) is 0 Å². The van der Waals surface area contributed by atoms with Gasteiger partial charge in [0.1, 0.15) is 0 Å². The van der Waals surface area contributed by atoms with Crippen LogP contribution in [0.4, 0.5) is 17.1 Å². The molecule has 0 N–H and O–H groups in total. The summed E-state index contributed by atoms with van der Waals surface area (Å²) in [5.41, 5.74) is 21.9. The van der Waals surface area contributed by atoms with Crippen LogP contribution >= 0.6 is 0 Å². The van der Waals surface area contributed by atoms with Crippen LogP contribution in [0.3, 0.4) is 0 Å². The lowest BCUT2D eigenvalue weighted by Gasteiger charge is -2.25. The van der Waals surface area contributed by atoms with Crippen molar-refractivity contribution < 1.29 is 0 Å². The van der Waals surface area contributed by atoms with Crippen molar-refractivity contribution in [3.05, 3.63) is 240 Å². The van der Waals surface area contributed by atoms with Crippen molar-refractivity contribution in [2.45, 2.75) is 38.5 Å². The lowest BCUT2D eigenvalue weighted by Crippen LogP contribution is -2.17. The number of rotatable bonds is 5. The Morgan fingerprint density at radius 2 is 0.875 bits per heavy atom. The largest absolute Gasteiger partial charge is 0.311 e. The number of benzene rings is 9. The molecule has 10 aromatic rings. The molecule has 9 aromatic carbocycles. The van der Waals surface area contributed by atoms with Crippen LogP contribution in [0.2, 0.25) is 0 Å². The first-order valence-electron chi connectivity index (χ1n) is 22.3. The topological polar surface area (TPSA) is 8.17 Å². The van der Waals surface area contributed by atoms with Gasteiger partial charge in [0.05, 0.1) is 11.0 Å². The van der Waals surface area contributed by atoms with Gasteiger partial charge < -0.3 is 9.47 Å². The third-order valence-electron chi connectivity index (χ3n) is 14.0. The first-order valence-corrected chi connectivity index (χ1v) is 22.3. The highest BCUT2D eigenvalue weighted by Crippen LogP contribution is 2.55. The van der Waals surface area contributed by atoms with Gasteiger partial charge in [-0.3, -0.25) is 0 Å². The summed E-state index contributed by atoms with van der Waals surface area (Å²) in [5, 5.41) is 2.59. The molecule has 0 amide bonds. The average molecular weight is 819 g/mol. The fourth-order valence-electron chi connectivity index (χ4n) is 10.8. The van der Waals surface area contributed by atoms with E-state index in [-0.39, 0.29) is 10.8 Å². The zero-order valence-electron chi connectivity index (χ0n) is 36.5. The molecule has 304 valence electrons. The summed E-state index contributed by atoms with van der Waals surface area (Å²) < 4.78 is 2.49. The Labute approximate surface area is 375 Å². The van der Waals surface area contributed by atoms with Gasteiger partial charge in [-0.15, -0.1) is 0 Å². The predicted octanol–water partition coefficient (Wildman–Crippen LogP) is 15.9. The fraction of sp³-hybridized carbons (Fsp3) is 0.0968. The third-order valence-corrected chi connectivity index (χ3v) is 14.0. The highest BCUT2D eigenvalue weighted by molar-refractivity contribution is 6.13. The second-order valence-corrected chi connectivity index (χ2v) is 18.4. The van der Waals surface area contributed by atoms with E-state index in [1.165, 1.54) is 83.1 Å². The first-order chi connectivity index (χ1) is 31.3. The van der Waals surface area contributed by atoms with Gasteiger partial charge in [-0.05, 0) is 147 Å². The third kappa shape index (κ3) is 5.82. The molecule has 2 nitrogen and oxygen atoms in total. The van der Waals surface area contributed by atoms with E-state index >= 15 is 0 Å². The molecule has 2 aliphatic carbocycles. The number of hydrogen-bond acceptors (Lipinski definition) is 1. The van der Waals surface area contributed by atoms with Crippen molar-refractivity contribution in [2.24, 2.45) is 0 Å². The summed E-state index contributed by atoms with van der Waals surface area (Å²) in [6.07, 6.45) is 0. The van der Waals surface area contributed by atoms with Crippen LogP contribution < -0.4 is 4.90 Å². The van der Waals surface area contributed by atoms with Crippen molar-refractivity contribution in [3.63, 3.8) is 0 Å². The summed E-state index contributed by atoms with van der Waals surface area (Å²) in [6, 6.07) is 75.0. The van der Waals surface area contributed by atoms with E-state index in [1.807, 2.05) is 0 Å². The lowest BCUT2D eigenvalue weighted by molar-refractivity contribution is 0.660. The van der Waals surface area contributed by atoms with Gasteiger partial charge in [-0.2, -0.15) is 0 Å². The van der Waals surface area contributed by atoms with E-state index in [4.69, 9.17) is 0 Å². The van der Waals surface area contributed by atoms with Crippen molar-refractivity contribution >= 4 is 38.9 Å². The molecule has 0 saturated carbocycles. The summed E-state index contributed by atoms with van der Waals surface area (Å²) in [4.78, 5) is 2.27. The molecule has 0 radical (unpaired) electrons. The molecule has 1 heterocycles. The summed E-state index contributed by atoms with van der Waals surface area (Å²) in [6.45, 7) is 9.55. The minimum Gasteiger partial charge on any atom is -0.311 e. The lowest BCUT2D eigenvalue weighted by atomic mass is 9.79. The van der Waals surface area contributed by atoms with Crippen molar-refractivity contribution in [2.75, 3.05) is 4.90 Å².